The maximum atomic E-state index is 11.0. The van der Waals surface area contributed by atoms with Crippen molar-refractivity contribution in [1.82, 2.24) is 9.36 Å². The number of nitrogens with two attached hydrogens (primary N) is 2. The summed E-state index contributed by atoms with van der Waals surface area (Å²) in [7, 11) is 0. The molecule has 0 spiro atoms. The van der Waals surface area contributed by atoms with Crippen molar-refractivity contribution >= 4 is 29.2 Å². The van der Waals surface area contributed by atoms with Crippen LogP contribution in [0, 0.1) is 6.92 Å². The van der Waals surface area contributed by atoms with Crippen LogP contribution in [0.5, 0.6) is 0 Å². The van der Waals surface area contributed by atoms with Crippen molar-refractivity contribution in [2.24, 2.45) is 11.5 Å². The molecular formula is C10H18N4OS2. The van der Waals surface area contributed by atoms with Crippen molar-refractivity contribution in [2.75, 3.05) is 5.75 Å². The lowest BCUT2D eigenvalue weighted by Gasteiger charge is -2.19. The summed E-state index contributed by atoms with van der Waals surface area (Å²) in [5.74, 6) is 1.34. The summed E-state index contributed by atoms with van der Waals surface area (Å²) in [6.45, 7) is 3.56. The minimum absolute atomic E-state index is 0.440. The normalized spacial score (nSPS) is 14.5. The standard InChI is InChI=1S/C10H18N4OS2/c1-7-13-9(17-14-7)16-6-4-3-5-10(2,12)8(11)15/h3-6,12H2,1-2H3,(H2,11,15). The molecule has 4 N–H and O–H groups in total. The minimum Gasteiger partial charge on any atom is -0.368 e. The maximum absolute atomic E-state index is 11.0. The van der Waals surface area contributed by atoms with Gasteiger partial charge in [0.1, 0.15) is 5.82 Å². The Hall–Kier alpha value is -0.660. The maximum Gasteiger partial charge on any atom is 0.237 e. The number of carbonyl (C=O) groups is 1. The van der Waals surface area contributed by atoms with Crippen molar-refractivity contribution in [1.29, 1.82) is 0 Å². The molecule has 96 valence electrons. The zero-order valence-electron chi connectivity index (χ0n) is 10.1. The van der Waals surface area contributed by atoms with E-state index in [-0.39, 0.29) is 0 Å². The van der Waals surface area contributed by atoms with Gasteiger partial charge in [0.25, 0.3) is 0 Å². The van der Waals surface area contributed by atoms with E-state index in [4.69, 9.17) is 11.5 Å². The summed E-state index contributed by atoms with van der Waals surface area (Å²) in [6.07, 6.45) is 2.50. The Morgan fingerprint density at radius 1 is 1.53 bits per heavy atom. The van der Waals surface area contributed by atoms with Gasteiger partial charge in [-0.05, 0) is 38.2 Å². The number of primary amides is 1. The molecule has 1 aromatic rings. The minimum atomic E-state index is -0.885. The van der Waals surface area contributed by atoms with Gasteiger partial charge in [-0.25, -0.2) is 4.98 Å². The largest absolute Gasteiger partial charge is 0.368 e. The van der Waals surface area contributed by atoms with Crippen LogP contribution in [0.4, 0.5) is 0 Å². The van der Waals surface area contributed by atoms with Crippen LogP contribution in [0.3, 0.4) is 0 Å². The van der Waals surface area contributed by atoms with Gasteiger partial charge >= 0.3 is 0 Å². The first-order valence-electron chi connectivity index (χ1n) is 5.44. The number of hydrogen-bond acceptors (Lipinski definition) is 6. The lowest BCUT2D eigenvalue weighted by molar-refractivity contribution is -0.122. The Morgan fingerprint density at radius 2 is 2.24 bits per heavy atom. The van der Waals surface area contributed by atoms with Gasteiger partial charge in [-0.2, -0.15) is 4.37 Å². The number of amides is 1. The molecular weight excluding hydrogens is 256 g/mol. The highest BCUT2D eigenvalue weighted by Crippen LogP contribution is 2.22. The van der Waals surface area contributed by atoms with E-state index >= 15 is 0 Å². The zero-order valence-corrected chi connectivity index (χ0v) is 11.7. The topological polar surface area (TPSA) is 94.9 Å². The monoisotopic (exact) mass is 274 g/mol. The molecule has 0 aromatic carbocycles. The Balaban J connectivity index is 2.15. The lowest BCUT2D eigenvalue weighted by atomic mass is 9.96. The SMILES string of the molecule is Cc1nsc(SCCCCC(C)(N)C(N)=O)n1. The molecule has 0 aliphatic rings. The Labute approximate surface area is 110 Å². The average molecular weight is 274 g/mol. The Kier molecular flexibility index (Phi) is 5.35. The second-order valence-corrected chi connectivity index (χ2v) is 6.29. The predicted molar refractivity (Wildman–Crippen MR) is 71.0 cm³/mol. The van der Waals surface area contributed by atoms with Gasteiger partial charge in [-0.15, -0.1) is 0 Å². The fraction of sp³-hybridized carbons (Fsp3) is 0.700. The van der Waals surface area contributed by atoms with E-state index in [0.29, 0.717) is 6.42 Å². The molecule has 0 bridgehead atoms. The number of unbranched alkanes of at least 4 members (excludes halogenated alkanes) is 1. The zero-order chi connectivity index (χ0) is 12.9. The number of thioether (sulfide) groups is 1. The molecule has 0 saturated carbocycles. The van der Waals surface area contributed by atoms with Crippen LogP contribution in [0.15, 0.2) is 4.34 Å². The summed E-state index contributed by atoms with van der Waals surface area (Å²) in [6, 6.07) is 0. The molecule has 17 heavy (non-hydrogen) atoms. The van der Waals surface area contributed by atoms with E-state index in [1.165, 1.54) is 11.5 Å². The van der Waals surface area contributed by atoms with Crippen LogP contribution in [0.2, 0.25) is 0 Å². The molecule has 0 saturated heterocycles. The van der Waals surface area contributed by atoms with Crippen LogP contribution in [0.1, 0.15) is 32.0 Å². The van der Waals surface area contributed by atoms with Gasteiger partial charge in [0.15, 0.2) is 4.34 Å². The predicted octanol–water partition coefficient (Wildman–Crippen LogP) is 1.31. The molecule has 5 nitrogen and oxygen atoms in total. The molecule has 1 amide bonds. The molecule has 0 fully saturated rings. The third kappa shape index (κ3) is 5.01. The molecule has 1 aromatic heterocycles. The van der Waals surface area contributed by atoms with Crippen molar-refractivity contribution in [3.05, 3.63) is 5.82 Å². The summed E-state index contributed by atoms with van der Waals surface area (Å²) >= 11 is 3.11. The number of aryl methyl sites for hydroxylation is 1. The van der Waals surface area contributed by atoms with Gasteiger partial charge < -0.3 is 11.5 Å². The quantitative estimate of drug-likeness (QED) is 0.577. The highest BCUT2D eigenvalue weighted by Gasteiger charge is 2.24. The molecule has 1 rings (SSSR count). The van der Waals surface area contributed by atoms with Crippen molar-refractivity contribution < 1.29 is 4.79 Å². The molecule has 1 unspecified atom stereocenters. The van der Waals surface area contributed by atoms with Crippen molar-refractivity contribution in [3.8, 4) is 0 Å². The number of hydrogen-bond donors (Lipinski definition) is 2. The van der Waals surface area contributed by atoms with Crippen LogP contribution in [0.25, 0.3) is 0 Å². The first-order valence-corrected chi connectivity index (χ1v) is 7.19. The lowest BCUT2D eigenvalue weighted by Crippen LogP contribution is -2.49. The smallest absolute Gasteiger partial charge is 0.237 e. The van der Waals surface area contributed by atoms with Gasteiger partial charge in [0.05, 0.1) is 5.54 Å². The van der Waals surface area contributed by atoms with Gasteiger partial charge in [0, 0.05) is 5.75 Å². The number of carbonyl (C=O) groups excluding carboxylic acids is 1. The Bertz CT molecular complexity index is 378. The van der Waals surface area contributed by atoms with Gasteiger partial charge in [0.2, 0.25) is 5.91 Å². The summed E-state index contributed by atoms with van der Waals surface area (Å²) in [5.41, 5.74) is 10.1. The fourth-order valence-corrected chi connectivity index (χ4v) is 2.93. The van der Waals surface area contributed by atoms with Crippen molar-refractivity contribution in [3.63, 3.8) is 0 Å². The van der Waals surface area contributed by atoms with E-state index in [2.05, 4.69) is 9.36 Å². The number of nitrogens with zero attached hydrogens (tertiary/aromatic N) is 2. The molecule has 0 aliphatic carbocycles. The van der Waals surface area contributed by atoms with Crippen LogP contribution >= 0.6 is 23.3 Å². The molecule has 7 heteroatoms. The summed E-state index contributed by atoms with van der Waals surface area (Å²) < 4.78 is 5.10. The van der Waals surface area contributed by atoms with E-state index in [9.17, 15) is 4.79 Å². The fourth-order valence-electron chi connectivity index (χ4n) is 1.21. The average Bonchev–Trinajstić information content (AvgIpc) is 2.63. The third-order valence-corrected chi connectivity index (χ3v) is 4.40. The van der Waals surface area contributed by atoms with E-state index in [1.54, 1.807) is 18.7 Å². The molecule has 1 atom stereocenters. The second-order valence-electron chi connectivity index (χ2n) is 4.19. The summed E-state index contributed by atoms with van der Waals surface area (Å²) in [5, 5.41) is 0. The van der Waals surface area contributed by atoms with Crippen LogP contribution < -0.4 is 11.5 Å². The number of rotatable bonds is 7. The summed E-state index contributed by atoms with van der Waals surface area (Å²) in [4.78, 5) is 15.2. The van der Waals surface area contributed by atoms with E-state index in [0.717, 1.165) is 28.8 Å². The highest BCUT2D eigenvalue weighted by atomic mass is 32.2. The first kappa shape index (κ1) is 14.4. The van der Waals surface area contributed by atoms with Crippen molar-refractivity contribution in [2.45, 2.75) is 43.0 Å². The highest BCUT2D eigenvalue weighted by molar-refractivity contribution is 8.00. The molecule has 1 heterocycles. The third-order valence-electron chi connectivity index (χ3n) is 2.39. The molecule has 0 aliphatic heterocycles. The van der Waals surface area contributed by atoms with E-state index < -0.39 is 11.4 Å². The Morgan fingerprint density at radius 3 is 2.76 bits per heavy atom. The van der Waals surface area contributed by atoms with Gasteiger partial charge in [-0.3, -0.25) is 4.79 Å². The van der Waals surface area contributed by atoms with Gasteiger partial charge in [-0.1, -0.05) is 18.2 Å². The van der Waals surface area contributed by atoms with Crippen LogP contribution in [-0.2, 0) is 4.79 Å². The molecule has 0 radical (unpaired) electrons. The second kappa shape index (κ2) is 6.32. The number of aromatic nitrogens is 2. The van der Waals surface area contributed by atoms with Crippen LogP contribution in [-0.4, -0.2) is 26.6 Å². The van der Waals surface area contributed by atoms with E-state index in [1.807, 2.05) is 6.92 Å². The first-order chi connectivity index (χ1) is 7.92.